The van der Waals surface area contributed by atoms with Gasteiger partial charge in [-0.1, -0.05) is 67.2 Å². The Bertz CT molecular complexity index is 1510. The normalized spacial score (nSPS) is 12.1. The fourth-order valence-electron chi connectivity index (χ4n) is 4.40. The van der Waals surface area contributed by atoms with Crippen molar-refractivity contribution >= 4 is 62.3 Å². The van der Waals surface area contributed by atoms with Crippen molar-refractivity contribution in [2.75, 3.05) is 17.4 Å². The second-order valence-corrected chi connectivity index (χ2v) is 13.2. The maximum absolute atomic E-state index is 14.2. The molecule has 2 amide bonds. The Morgan fingerprint density at radius 2 is 1.57 bits per heavy atom. The lowest BCUT2D eigenvalue weighted by atomic mass is 10.1. The fraction of sp³-hybridized carbons (Fsp3) is 0.355. The zero-order valence-electron chi connectivity index (χ0n) is 24.2. The first-order chi connectivity index (χ1) is 19.9. The van der Waals surface area contributed by atoms with Crippen LogP contribution in [0.3, 0.4) is 0 Å². The molecule has 1 atom stereocenters. The van der Waals surface area contributed by atoms with Crippen molar-refractivity contribution in [2.24, 2.45) is 0 Å². The highest BCUT2D eigenvalue weighted by Gasteiger charge is 2.33. The van der Waals surface area contributed by atoms with Crippen LogP contribution >= 0.6 is 34.8 Å². The first-order valence-electron chi connectivity index (χ1n) is 13.8. The lowest BCUT2D eigenvalue weighted by molar-refractivity contribution is -0.140. The van der Waals surface area contributed by atoms with Gasteiger partial charge in [0, 0.05) is 18.1 Å². The van der Waals surface area contributed by atoms with E-state index in [2.05, 4.69) is 5.32 Å². The summed E-state index contributed by atoms with van der Waals surface area (Å²) >= 11 is 18.4. The van der Waals surface area contributed by atoms with Crippen molar-refractivity contribution in [3.05, 3.63) is 92.4 Å². The molecular formula is C31H36Cl3N3O4S. The van der Waals surface area contributed by atoms with Gasteiger partial charge in [0.25, 0.3) is 10.0 Å². The van der Waals surface area contributed by atoms with E-state index in [0.29, 0.717) is 39.3 Å². The Balaban J connectivity index is 2.07. The Morgan fingerprint density at radius 3 is 2.17 bits per heavy atom. The van der Waals surface area contributed by atoms with Crippen LogP contribution in [0.4, 0.5) is 5.69 Å². The van der Waals surface area contributed by atoms with E-state index in [4.69, 9.17) is 34.8 Å². The van der Waals surface area contributed by atoms with Gasteiger partial charge in [0.1, 0.15) is 12.6 Å². The average molecular weight is 653 g/mol. The first-order valence-corrected chi connectivity index (χ1v) is 16.3. The fourth-order valence-corrected chi connectivity index (χ4v) is 6.26. The van der Waals surface area contributed by atoms with Gasteiger partial charge in [-0.15, -0.1) is 0 Å². The molecule has 0 aromatic heterocycles. The number of unbranched alkanes of at least 4 members (excludes halogenated alkanes) is 1. The third-order valence-electron chi connectivity index (χ3n) is 7.01. The number of benzene rings is 3. The molecule has 0 heterocycles. The largest absolute Gasteiger partial charge is 0.354 e. The van der Waals surface area contributed by atoms with E-state index in [1.54, 1.807) is 30.3 Å². The number of nitrogens with zero attached hydrogens (tertiary/aromatic N) is 2. The number of sulfonamides is 1. The minimum absolute atomic E-state index is 0.0155. The molecule has 42 heavy (non-hydrogen) atoms. The Morgan fingerprint density at radius 1 is 0.881 bits per heavy atom. The molecule has 0 aliphatic carbocycles. The van der Waals surface area contributed by atoms with E-state index in [9.17, 15) is 18.0 Å². The number of halogens is 3. The molecule has 0 aliphatic heterocycles. The number of aryl methyl sites for hydroxylation is 2. The number of hydrogen-bond acceptors (Lipinski definition) is 4. The van der Waals surface area contributed by atoms with Gasteiger partial charge in [0.2, 0.25) is 11.8 Å². The molecular weight excluding hydrogens is 617 g/mol. The first kappa shape index (κ1) is 33.7. The highest BCUT2D eigenvalue weighted by atomic mass is 35.5. The number of anilines is 1. The predicted molar refractivity (Wildman–Crippen MR) is 171 cm³/mol. The van der Waals surface area contributed by atoms with E-state index in [1.165, 1.54) is 29.2 Å². The lowest BCUT2D eigenvalue weighted by Crippen LogP contribution is -2.52. The molecule has 1 N–H and O–H groups in total. The van der Waals surface area contributed by atoms with Crippen molar-refractivity contribution in [1.82, 2.24) is 10.2 Å². The maximum atomic E-state index is 14.2. The van der Waals surface area contributed by atoms with Gasteiger partial charge in [-0.25, -0.2) is 8.42 Å². The van der Waals surface area contributed by atoms with Crippen LogP contribution in [0.5, 0.6) is 0 Å². The second kappa shape index (κ2) is 15.1. The number of carbonyl (C=O) groups excluding carboxylic acids is 2. The van der Waals surface area contributed by atoms with Crippen LogP contribution in [0, 0.1) is 13.8 Å². The Kier molecular flexibility index (Phi) is 12.1. The number of amides is 2. The van der Waals surface area contributed by atoms with Gasteiger partial charge < -0.3 is 10.2 Å². The molecule has 0 bridgehead atoms. The zero-order chi connectivity index (χ0) is 31.0. The van der Waals surface area contributed by atoms with Crippen LogP contribution in [0.2, 0.25) is 15.1 Å². The molecule has 11 heteroatoms. The standard InChI is InChI=1S/C31H36Cl3N3O4S/c1-5-7-16-35-31(39)29(6-2)36(19-23-9-15-27(33)28(34)18-23)30(38)20-37(25-12-8-21(3)22(4)17-25)42(40,41)26-13-10-24(32)11-14-26/h8-15,17-18,29H,5-7,16,19-20H2,1-4H3,(H,35,39)/t29-/m0/s1. The van der Waals surface area contributed by atoms with Crippen molar-refractivity contribution in [3.63, 3.8) is 0 Å². The molecule has 226 valence electrons. The average Bonchev–Trinajstić information content (AvgIpc) is 2.95. The summed E-state index contributed by atoms with van der Waals surface area (Å²) in [5, 5.41) is 3.96. The van der Waals surface area contributed by atoms with Gasteiger partial charge >= 0.3 is 0 Å². The van der Waals surface area contributed by atoms with E-state index >= 15 is 0 Å². The summed E-state index contributed by atoms with van der Waals surface area (Å²) in [4.78, 5) is 28.9. The molecule has 3 aromatic rings. The summed E-state index contributed by atoms with van der Waals surface area (Å²) in [5.74, 6) is -0.855. The minimum atomic E-state index is -4.20. The molecule has 7 nitrogen and oxygen atoms in total. The molecule has 0 saturated heterocycles. The molecule has 3 rings (SSSR count). The van der Waals surface area contributed by atoms with E-state index in [0.717, 1.165) is 28.3 Å². The SMILES string of the molecule is CCCCNC(=O)[C@H](CC)N(Cc1ccc(Cl)c(Cl)c1)C(=O)CN(c1ccc(C)c(C)c1)S(=O)(=O)c1ccc(Cl)cc1. The van der Waals surface area contributed by atoms with E-state index in [-0.39, 0.29) is 17.3 Å². The summed E-state index contributed by atoms with van der Waals surface area (Å²) < 4.78 is 29.1. The molecule has 0 aliphatic rings. The van der Waals surface area contributed by atoms with Crippen LogP contribution in [0.1, 0.15) is 49.8 Å². The summed E-state index contributed by atoms with van der Waals surface area (Å²) in [5.41, 5.74) is 2.82. The zero-order valence-corrected chi connectivity index (χ0v) is 27.2. The maximum Gasteiger partial charge on any atom is 0.264 e. The molecule has 0 fully saturated rings. The van der Waals surface area contributed by atoms with Gasteiger partial charge in [-0.2, -0.15) is 0 Å². The topological polar surface area (TPSA) is 86.8 Å². The van der Waals surface area contributed by atoms with E-state index in [1.807, 2.05) is 33.8 Å². The summed E-state index contributed by atoms with van der Waals surface area (Å²) in [6.07, 6.45) is 2.01. The lowest BCUT2D eigenvalue weighted by Gasteiger charge is -2.33. The number of rotatable bonds is 13. The Labute approximate surface area is 263 Å². The van der Waals surface area contributed by atoms with Gasteiger partial charge in [0.15, 0.2) is 0 Å². The summed E-state index contributed by atoms with van der Waals surface area (Å²) in [6, 6.07) is 15.1. The van der Waals surface area contributed by atoms with Crippen LogP contribution in [0.15, 0.2) is 65.6 Å². The van der Waals surface area contributed by atoms with Crippen LogP contribution < -0.4 is 9.62 Å². The van der Waals surface area contributed by atoms with Crippen molar-refractivity contribution < 1.29 is 18.0 Å². The van der Waals surface area contributed by atoms with Crippen LogP contribution in [-0.4, -0.2) is 44.3 Å². The molecule has 0 spiro atoms. The summed E-state index contributed by atoms with van der Waals surface area (Å²) in [7, 11) is -4.20. The van der Waals surface area contributed by atoms with Gasteiger partial charge in [-0.05, 0) is 91.9 Å². The number of carbonyl (C=O) groups is 2. The van der Waals surface area contributed by atoms with Crippen molar-refractivity contribution in [3.8, 4) is 0 Å². The molecule has 0 unspecified atom stereocenters. The van der Waals surface area contributed by atoms with Crippen LogP contribution in [-0.2, 0) is 26.2 Å². The molecule has 0 radical (unpaired) electrons. The summed E-state index contributed by atoms with van der Waals surface area (Å²) in [6.45, 7) is 7.59. The smallest absolute Gasteiger partial charge is 0.264 e. The highest BCUT2D eigenvalue weighted by molar-refractivity contribution is 7.92. The van der Waals surface area contributed by atoms with Crippen molar-refractivity contribution in [2.45, 2.75) is 64.4 Å². The van der Waals surface area contributed by atoms with Gasteiger partial charge in [0.05, 0.1) is 20.6 Å². The van der Waals surface area contributed by atoms with Crippen molar-refractivity contribution in [1.29, 1.82) is 0 Å². The minimum Gasteiger partial charge on any atom is -0.354 e. The monoisotopic (exact) mass is 651 g/mol. The third kappa shape index (κ3) is 8.40. The number of nitrogens with one attached hydrogen (secondary N) is 1. The highest BCUT2D eigenvalue weighted by Crippen LogP contribution is 2.28. The Hall–Kier alpha value is -2.78. The molecule has 0 saturated carbocycles. The van der Waals surface area contributed by atoms with Crippen LogP contribution in [0.25, 0.3) is 0 Å². The second-order valence-electron chi connectivity index (χ2n) is 10.1. The number of hydrogen-bond donors (Lipinski definition) is 1. The quantitative estimate of drug-likeness (QED) is 0.198. The van der Waals surface area contributed by atoms with E-state index < -0.39 is 28.5 Å². The molecule has 3 aromatic carbocycles. The predicted octanol–water partition coefficient (Wildman–Crippen LogP) is 7.18. The third-order valence-corrected chi connectivity index (χ3v) is 9.79. The van der Waals surface area contributed by atoms with Gasteiger partial charge in [-0.3, -0.25) is 13.9 Å².